The molecule has 0 amide bonds. The van der Waals surface area contributed by atoms with E-state index in [0.29, 0.717) is 0 Å². The summed E-state index contributed by atoms with van der Waals surface area (Å²) in [7, 11) is 0. The first-order valence-corrected chi connectivity index (χ1v) is 4.93. The molecule has 72 valence electrons. The Kier molecular flexibility index (Phi) is 2.40. The van der Waals surface area contributed by atoms with E-state index >= 15 is 0 Å². The molecule has 1 aromatic rings. The fraction of sp³-hybridized carbons (Fsp3) is 0.231. The van der Waals surface area contributed by atoms with Crippen molar-refractivity contribution in [2.24, 2.45) is 0 Å². The summed E-state index contributed by atoms with van der Waals surface area (Å²) in [4.78, 5) is 0. The maximum absolute atomic E-state index is 5.75. The molecule has 0 aromatic carbocycles. The minimum atomic E-state index is 0.828. The van der Waals surface area contributed by atoms with E-state index in [0.717, 1.165) is 29.9 Å². The first-order valence-electron chi connectivity index (χ1n) is 4.93. The van der Waals surface area contributed by atoms with Crippen molar-refractivity contribution in [1.82, 2.24) is 0 Å². The number of aryl methyl sites for hydroxylation is 1. The van der Waals surface area contributed by atoms with Crippen LogP contribution in [0.3, 0.4) is 0 Å². The van der Waals surface area contributed by atoms with Crippen LogP contribution in [0.2, 0.25) is 0 Å². The molecular weight excluding hydrogens is 172 g/mol. The first kappa shape index (κ1) is 9.07. The molecule has 0 atom stereocenters. The third-order valence-corrected chi connectivity index (χ3v) is 2.53. The van der Waals surface area contributed by atoms with Gasteiger partial charge in [0.15, 0.2) is 0 Å². The Bertz CT molecular complexity index is 340. The van der Waals surface area contributed by atoms with Gasteiger partial charge in [0.2, 0.25) is 5.76 Å². The predicted octanol–water partition coefficient (Wildman–Crippen LogP) is 3.74. The van der Waals surface area contributed by atoms with Gasteiger partial charge in [-0.2, -0.15) is 6.42 Å². The highest BCUT2D eigenvalue weighted by Crippen LogP contribution is 2.27. The molecule has 0 unspecified atom stereocenters. The van der Waals surface area contributed by atoms with E-state index in [1.165, 1.54) is 12.0 Å². The summed E-state index contributed by atoms with van der Waals surface area (Å²) in [6.07, 6.45) is 9.13. The summed E-state index contributed by atoms with van der Waals surface area (Å²) in [6, 6.07) is 2.13. The number of rotatable bonds is 2. The second-order valence-electron chi connectivity index (χ2n) is 3.45. The lowest BCUT2D eigenvalue weighted by Crippen LogP contribution is -2.02. The van der Waals surface area contributed by atoms with Crippen LogP contribution in [-0.2, 0) is 6.42 Å². The van der Waals surface area contributed by atoms with Gasteiger partial charge in [-0.15, -0.1) is 6.07 Å². The van der Waals surface area contributed by atoms with Crippen molar-refractivity contribution in [3.63, 3.8) is 0 Å². The summed E-state index contributed by atoms with van der Waals surface area (Å²) >= 11 is 0. The average Bonchev–Trinajstić information content (AvgIpc) is 2.27. The van der Waals surface area contributed by atoms with Crippen molar-refractivity contribution in [2.75, 3.05) is 0 Å². The van der Waals surface area contributed by atoms with E-state index in [-0.39, 0.29) is 0 Å². The molecule has 0 fully saturated rings. The van der Waals surface area contributed by atoms with Gasteiger partial charge < -0.3 is 0 Å². The van der Waals surface area contributed by atoms with Gasteiger partial charge in [-0.3, -0.25) is 4.42 Å². The standard InChI is InChI=1S/C13H14O/c1-3-10-9-11-7-5-6-8-13(11)14-12(10)4-2/h3-4,7,9H,1-2,5-6,8H2. The molecular formula is C13H14O. The monoisotopic (exact) mass is 186 g/mol. The second kappa shape index (κ2) is 3.70. The molecule has 0 saturated carbocycles. The Balaban J connectivity index is 2.54. The van der Waals surface area contributed by atoms with E-state index < -0.39 is 0 Å². The highest BCUT2D eigenvalue weighted by Gasteiger charge is 2.15. The quantitative estimate of drug-likeness (QED) is 0.506. The van der Waals surface area contributed by atoms with Crippen LogP contribution in [0.15, 0.2) is 23.6 Å². The number of fused-ring (bicyclic) bond motifs is 1. The van der Waals surface area contributed by atoms with E-state index in [2.05, 4.69) is 25.6 Å². The molecule has 0 N–H and O–H groups in total. The molecule has 1 aliphatic carbocycles. The summed E-state index contributed by atoms with van der Waals surface area (Å²) in [5.74, 6) is 1.91. The second-order valence-corrected chi connectivity index (χ2v) is 3.45. The Hall–Kier alpha value is -1.50. The molecule has 0 aliphatic heterocycles. The van der Waals surface area contributed by atoms with Crippen LogP contribution in [0.1, 0.15) is 35.5 Å². The van der Waals surface area contributed by atoms with Gasteiger partial charge in [-0.25, -0.2) is 0 Å². The van der Waals surface area contributed by atoms with Crippen LogP contribution in [0.4, 0.5) is 0 Å². The smallest absolute Gasteiger partial charge is 0.273 e. The molecule has 1 aliphatic rings. The Morgan fingerprint density at radius 1 is 1.36 bits per heavy atom. The van der Waals surface area contributed by atoms with Crippen molar-refractivity contribution >= 4 is 12.2 Å². The largest absolute Gasteiger partial charge is 0.331 e. The lowest BCUT2D eigenvalue weighted by molar-refractivity contribution is 0.462. The fourth-order valence-electron chi connectivity index (χ4n) is 1.78. The highest BCUT2D eigenvalue weighted by molar-refractivity contribution is 5.60. The van der Waals surface area contributed by atoms with Gasteiger partial charge in [-0.1, -0.05) is 37.6 Å². The van der Waals surface area contributed by atoms with Crippen molar-refractivity contribution in [3.05, 3.63) is 48.3 Å². The van der Waals surface area contributed by atoms with Gasteiger partial charge in [-0.05, 0) is 0 Å². The molecule has 0 bridgehead atoms. The SMILES string of the molecule is C=Cc1cc2c([o+]c1C=C)CCC[CH-]2. The van der Waals surface area contributed by atoms with Crippen molar-refractivity contribution in [3.8, 4) is 0 Å². The minimum Gasteiger partial charge on any atom is -0.273 e. The zero-order valence-electron chi connectivity index (χ0n) is 8.25. The minimum absolute atomic E-state index is 0.828. The number of hydrogen-bond acceptors (Lipinski definition) is 0. The maximum Gasteiger partial charge on any atom is 0.331 e. The fourth-order valence-corrected chi connectivity index (χ4v) is 1.78. The molecule has 1 nitrogen and oxygen atoms in total. The Morgan fingerprint density at radius 2 is 2.21 bits per heavy atom. The van der Waals surface area contributed by atoms with Gasteiger partial charge in [0.05, 0.1) is 0 Å². The van der Waals surface area contributed by atoms with Crippen LogP contribution in [0.25, 0.3) is 12.2 Å². The van der Waals surface area contributed by atoms with E-state index in [1.807, 2.05) is 6.08 Å². The maximum atomic E-state index is 5.75. The highest BCUT2D eigenvalue weighted by atomic mass is 16.3. The van der Waals surface area contributed by atoms with Crippen molar-refractivity contribution in [2.45, 2.75) is 19.3 Å². The number of hydrogen-bond donors (Lipinski definition) is 0. The molecule has 14 heavy (non-hydrogen) atoms. The van der Waals surface area contributed by atoms with E-state index in [1.54, 1.807) is 6.08 Å². The van der Waals surface area contributed by atoms with Crippen LogP contribution in [0.5, 0.6) is 0 Å². The summed E-state index contributed by atoms with van der Waals surface area (Å²) in [6.45, 7) is 7.50. The molecule has 0 radical (unpaired) electrons. The lowest BCUT2D eigenvalue weighted by Gasteiger charge is -2.16. The lowest BCUT2D eigenvalue weighted by atomic mass is 9.95. The zero-order valence-corrected chi connectivity index (χ0v) is 8.25. The molecule has 1 heteroatoms. The normalized spacial score (nSPS) is 14.0. The summed E-state index contributed by atoms with van der Waals surface area (Å²) in [5, 5.41) is 0. The van der Waals surface area contributed by atoms with Crippen LogP contribution < -0.4 is 0 Å². The topological polar surface area (TPSA) is 11.3 Å². The first-order chi connectivity index (χ1) is 6.85. The van der Waals surface area contributed by atoms with E-state index in [9.17, 15) is 0 Å². The van der Waals surface area contributed by atoms with Crippen molar-refractivity contribution < 1.29 is 4.42 Å². The summed E-state index contributed by atoms with van der Waals surface area (Å²) in [5.41, 5.74) is 2.24. The van der Waals surface area contributed by atoms with Gasteiger partial charge in [0.1, 0.15) is 0 Å². The third-order valence-electron chi connectivity index (χ3n) is 2.53. The van der Waals surface area contributed by atoms with Crippen LogP contribution in [0, 0.1) is 6.42 Å². The summed E-state index contributed by atoms with van der Waals surface area (Å²) < 4.78 is 5.75. The predicted molar refractivity (Wildman–Crippen MR) is 59.6 cm³/mol. The Labute approximate surface area is 84.8 Å². The van der Waals surface area contributed by atoms with Crippen LogP contribution in [-0.4, -0.2) is 0 Å². The van der Waals surface area contributed by atoms with E-state index in [4.69, 9.17) is 4.42 Å². The molecule has 1 heterocycles. The molecule has 2 rings (SSSR count). The van der Waals surface area contributed by atoms with Gasteiger partial charge in [0.25, 0.3) is 0 Å². The molecule has 1 aromatic heterocycles. The average molecular weight is 186 g/mol. The van der Waals surface area contributed by atoms with Crippen molar-refractivity contribution in [1.29, 1.82) is 0 Å². The van der Waals surface area contributed by atoms with Crippen LogP contribution >= 0.6 is 0 Å². The Morgan fingerprint density at radius 3 is 2.93 bits per heavy atom. The molecule has 0 saturated heterocycles. The third kappa shape index (κ3) is 1.46. The zero-order chi connectivity index (χ0) is 9.97. The van der Waals surface area contributed by atoms with Gasteiger partial charge >= 0.3 is 5.76 Å². The molecule has 0 spiro atoms. The van der Waals surface area contributed by atoms with Gasteiger partial charge in [0, 0.05) is 18.1 Å².